The molecule has 0 aromatic carbocycles. The molecule has 3 rings (SSSR count). The Labute approximate surface area is 159 Å². The predicted molar refractivity (Wildman–Crippen MR) is 97.7 cm³/mol. The van der Waals surface area contributed by atoms with Crippen molar-refractivity contribution in [2.45, 2.75) is 49.9 Å². The lowest BCUT2D eigenvalue weighted by Gasteiger charge is -2.41. The highest BCUT2D eigenvalue weighted by atomic mass is 32.2. The number of piperidine rings is 1. The Hall–Kier alpha value is -1.78. The van der Waals surface area contributed by atoms with Crippen molar-refractivity contribution < 1.29 is 22.7 Å². The van der Waals surface area contributed by atoms with Crippen LogP contribution in [0.15, 0.2) is 12.4 Å². The summed E-state index contributed by atoms with van der Waals surface area (Å²) in [6.45, 7) is 2.37. The minimum Gasteiger partial charge on any atom is -0.466 e. The molecule has 1 saturated carbocycles. The normalized spacial score (nSPS) is 23.3. The number of methoxy groups -OCH3 is 1. The minimum atomic E-state index is -3.34. The number of carbonyl (C=O) groups excluding carboxylic acids is 1. The van der Waals surface area contributed by atoms with Crippen LogP contribution in [-0.4, -0.2) is 73.4 Å². The van der Waals surface area contributed by atoms with E-state index in [4.69, 9.17) is 9.47 Å². The molecule has 1 aromatic rings. The van der Waals surface area contributed by atoms with Gasteiger partial charge in [-0.1, -0.05) is 0 Å². The third-order valence-corrected chi connectivity index (χ3v) is 6.86. The van der Waals surface area contributed by atoms with Crippen LogP contribution in [0.1, 0.15) is 31.4 Å². The van der Waals surface area contributed by atoms with Crippen molar-refractivity contribution >= 4 is 15.9 Å². The Kier molecular flexibility index (Phi) is 6.28. The van der Waals surface area contributed by atoms with E-state index in [9.17, 15) is 13.2 Å². The molecule has 150 valence electrons. The number of carbonyl (C=O) groups is 1. The zero-order chi connectivity index (χ0) is 19.4. The van der Waals surface area contributed by atoms with E-state index in [2.05, 4.69) is 14.7 Å². The van der Waals surface area contributed by atoms with Gasteiger partial charge in [0.25, 0.3) is 5.91 Å². The SMILES string of the molecule is COC[C@H]1[C@@H](NS(=O)(=O)C2CC2)CCCN1C(=O)COc1nccnc1C. The zero-order valence-electron chi connectivity index (χ0n) is 15.6. The van der Waals surface area contributed by atoms with E-state index in [-0.39, 0.29) is 36.5 Å². The fraction of sp³-hybridized carbons (Fsp3) is 0.706. The maximum atomic E-state index is 12.7. The number of aryl methyl sites for hydroxylation is 1. The van der Waals surface area contributed by atoms with Crippen molar-refractivity contribution in [1.29, 1.82) is 0 Å². The van der Waals surface area contributed by atoms with Crippen LogP contribution in [0, 0.1) is 6.92 Å². The van der Waals surface area contributed by atoms with Gasteiger partial charge in [0.05, 0.1) is 23.6 Å². The summed E-state index contributed by atoms with van der Waals surface area (Å²) in [6.07, 6.45) is 5.85. The van der Waals surface area contributed by atoms with E-state index < -0.39 is 10.0 Å². The molecule has 2 atom stereocenters. The molecule has 1 saturated heterocycles. The highest BCUT2D eigenvalue weighted by Crippen LogP contribution is 2.29. The van der Waals surface area contributed by atoms with Crippen molar-refractivity contribution in [1.82, 2.24) is 19.6 Å². The number of nitrogens with zero attached hydrogens (tertiary/aromatic N) is 3. The van der Waals surface area contributed by atoms with Crippen LogP contribution in [-0.2, 0) is 19.6 Å². The monoisotopic (exact) mass is 398 g/mol. The number of aromatic nitrogens is 2. The van der Waals surface area contributed by atoms with E-state index in [1.807, 2.05) is 0 Å². The molecule has 0 spiro atoms. The van der Waals surface area contributed by atoms with Gasteiger partial charge in [-0.25, -0.2) is 18.1 Å². The number of rotatable bonds is 8. The third kappa shape index (κ3) is 4.94. The maximum Gasteiger partial charge on any atom is 0.260 e. The number of hydrogen-bond acceptors (Lipinski definition) is 7. The van der Waals surface area contributed by atoms with Crippen LogP contribution in [0.4, 0.5) is 0 Å². The quantitative estimate of drug-likeness (QED) is 0.668. The Balaban J connectivity index is 1.66. The molecule has 0 unspecified atom stereocenters. The summed E-state index contributed by atoms with van der Waals surface area (Å²) >= 11 is 0. The summed E-state index contributed by atoms with van der Waals surface area (Å²) in [7, 11) is -1.80. The predicted octanol–water partition coefficient (Wildman–Crippen LogP) is 0.252. The molecule has 2 heterocycles. The molecule has 0 radical (unpaired) electrons. The number of likely N-dealkylation sites (tertiary alicyclic amines) is 1. The van der Waals surface area contributed by atoms with Gasteiger partial charge in [-0.2, -0.15) is 0 Å². The second kappa shape index (κ2) is 8.49. The Bertz CT molecular complexity index is 768. The topological polar surface area (TPSA) is 111 Å². The highest BCUT2D eigenvalue weighted by molar-refractivity contribution is 7.90. The van der Waals surface area contributed by atoms with Gasteiger partial charge in [-0.05, 0) is 32.6 Å². The second-order valence-corrected chi connectivity index (χ2v) is 8.95. The number of ether oxygens (including phenoxy) is 2. The smallest absolute Gasteiger partial charge is 0.260 e. The summed E-state index contributed by atoms with van der Waals surface area (Å²) in [6, 6.07) is -0.720. The van der Waals surface area contributed by atoms with Gasteiger partial charge in [0.15, 0.2) is 6.61 Å². The summed E-state index contributed by atoms with van der Waals surface area (Å²) in [5.41, 5.74) is 0.604. The molecule has 1 N–H and O–H groups in total. The summed E-state index contributed by atoms with van der Waals surface area (Å²) in [5, 5.41) is -0.297. The van der Waals surface area contributed by atoms with E-state index in [1.54, 1.807) is 25.1 Å². The molecular formula is C17H26N4O5S. The fourth-order valence-corrected chi connectivity index (χ4v) is 4.96. The molecule has 1 aliphatic heterocycles. The van der Waals surface area contributed by atoms with E-state index in [0.29, 0.717) is 43.8 Å². The van der Waals surface area contributed by atoms with E-state index in [0.717, 1.165) is 0 Å². The van der Waals surface area contributed by atoms with Gasteiger partial charge in [-0.15, -0.1) is 0 Å². The Morgan fingerprint density at radius 2 is 2.04 bits per heavy atom. The molecule has 0 bridgehead atoms. The van der Waals surface area contributed by atoms with Crippen molar-refractivity contribution in [3.8, 4) is 5.88 Å². The molecule has 1 amide bonds. The lowest BCUT2D eigenvalue weighted by atomic mass is 9.97. The van der Waals surface area contributed by atoms with Crippen molar-refractivity contribution in [3.63, 3.8) is 0 Å². The largest absolute Gasteiger partial charge is 0.466 e. The second-order valence-electron chi connectivity index (χ2n) is 6.96. The first-order valence-corrected chi connectivity index (χ1v) is 10.7. The maximum absolute atomic E-state index is 12.7. The lowest BCUT2D eigenvalue weighted by molar-refractivity contribution is -0.139. The first-order valence-electron chi connectivity index (χ1n) is 9.12. The fourth-order valence-electron chi connectivity index (χ4n) is 3.32. The summed E-state index contributed by atoms with van der Waals surface area (Å²) < 4.78 is 38.3. The molecule has 2 aliphatic rings. The van der Waals surface area contributed by atoms with Crippen molar-refractivity contribution in [2.24, 2.45) is 0 Å². The molecule has 27 heavy (non-hydrogen) atoms. The van der Waals surface area contributed by atoms with Gasteiger partial charge in [0.1, 0.15) is 0 Å². The molecule has 10 heteroatoms. The van der Waals surface area contributed by atoms with Crippen molar-refractivity contribution in [2.75, 3.05) is 26.9 Å². The van der Waals surface area contributed by atoms with Crippen LogP contribution in [0.2, 0.25) is 0 Å². The van der Waals surface area contributed by atoms with Gasteiger partial charge in [0, 0.05) is 32.1 Å². The molecule has 9 nitrogen and oxygen atoms in total. The first kappa shape index (κ1) is 20.0. The number of nitrogens with one attached hydrogen (secondary N) is 1. The van der Waals surface area contributed by atoms with Gasteiger partial charge < -0.3 is 14.4 Å². The molecular weight excluding hydrogens is 372 g/mol. The van der Waals surface area contributed by atoms with E-state index >= 15 is 0 Å². The van der Waals surface area contributed by atoms with E-state index in [1.165, 1.54) is 6.20 Å². The number of hydrogen-bond donors (Lipinski definition) is 1. The Morgan fingerprint density at radius 1 is 1.30 bits per heavy atom. The van der Waals surface area contributed by atoms with Crippen LogP contribution in [0.25, 0.3) is 0 Å². The standard InChI is InChI=1S/C17H26N4O5S/c1-12-17(19-8-7-18-12)26-11-16(22)21-9-3-4-14(15(21)10-25-2)20-27(23,24)13-5-6-13/h7-8,13-15,20H,3-6,9-11H2,1-2H3/t14-,15-/m0/s1. The van der Waals surface area contributed by atoms with Crippen molar-refractivity contribution in [3.05, 3.63) is 18.1 Å². The van der Waals surface area contributed by atoms with Gasteiger partial charge in [0.2, 0.25) is 15.9 Å². The third-order valence-electron chi connectivity index (χ3n) is 4.88. The lowest BCUT2D eigenvalue weighted by Crippen LogP contribution is -2.59. The van der Waals surface area contributed by atoms with Gasteiger partial charge >= 0.3 is 0 Å². The Morgan fingerprint density at radius 3 is 2.70 bits per heavy atom. The molecule has 2 fully saturated rings. The summed E-state index contributed by atoms with van der Waals surface area (Å²) in [5.74, 6) is 0.0922. The average molecular weight is 398 g/mol. The summed E-state index contributed by atoms with van der Waals surface area (Å²) in [4.78, 5) is 22.5. The number of amides is 1. The number of sulfonamides is 1. The molecule has 1 aliphatic carbocycles. The van der Waals surface area contributed by atoms with Gasteiger partial charge in [-0.3, -0.25) is 9.78 Å². The average Bonchev–Trinajstić information content (AvgIpc) is 3.48. The minimum absolute atomic E-state index is 0.179. The van der Waals surface area contributed by atoms with Crippen LogP contribution in [0.5, 0.6) is 5.88 Å². The first-order chi connectivity index (χ1) is 12.9. The molecule has 1 aromatic heterocycles. The zero-order valence-corrected chi connectivity index (χ0v) is 16.4. The van der Waals surface area contributed by atoms with Crippen LogP contribution < -0.4 is 9.46 Å². The van der Waals surface area contributed by atoms with Crippen LogP contribution in [0.3, 0.4) is 0 Å². The van der Waals surface area contributed by atoms with Crippen LogP contribution >= 0.6 is 0 Å². The highest BCUT2D eigenvalue weighted by Gasteiger charge is 2.41.